The first kappa shape index (κ1) is 17.4. The topological polar surface area (TPSA) is 75.1 Å². The molecule has 0 saturated carbocycles. The average Bonchev–Trinajstić information content (AvgIpc) is 3.06. The second-order valence-corrected chi connectivity index (χ2v) is 6.90. The number of hydrogen-bond acceptors (Lipinski definition) is 5. The monoisotopic (exact) mass is 382 g/mol. The van der Waals surface area contributed by atoms with Gasteiger partial charge in [-0.3, -0.25) is 9.48 Å². The highest BCUT2D eigenvalue weighted by molar-refractivity contribution is 6.33. The lowest BCUT2D eigenvalue weighted by Crippen LogP contribution is -2.34. The SMILES string of the molecule is CN1CCc2cccc(Nc3cc(Nc4ccn(C)n4)ncc3Cl)c2C1=O. The minimum Gasteiger partial charge on any atom is -0.353 e. The van der Waals surface area contributed by atoms with Gasteiger partial charge >= 0.3 is 0 Å². The quantitative estimate of drug-likeness (QED) is 0.721. The third kappa shape index (κ3) is 3.46. The number of pyridine rings is 1. The van der Waals surface area contributed by atoms with E-state index >= 15 is 0 Å². The largest absolute Gasteiger partial charge is 0.353 e. The van der Waals surface area contributed by atoms with Crippen molar-refractivity contribution in [3.05, 3.63) is 58.9 Å². The standard InChI is InChI=1S/C19H19ClN6O/c1-25-8-6-12-4-3-5-14(18(12)19(25)27)22-15-10-17(21-11-13(15)20)23-16-7-9-26(2)24-16/h3-5,7,9-11H,6,8H2,1-2H3,(H2,21,22,23,24). The van der Waals surface area contributed by atoms with E-state index < -0.39 is 0 Å². The number of aromatic nitrogens is 3. The van der Waals surface area contributed by atoms with Gasteiger partial charge in [-0.2, -0.15) is 5.10 Å². The van der Waals surface area contributed by atoms with Crippen LogP contribution in [0.4, 0.5) is 23.0 Å². The molecule has 0 radical (unpaired) electrons. The molecule has 0 spiro atoms. The van der Waals surface area contributed by atoms with Crippen molar-refractivity contribution in [3.63, 3.8) is 0 Å². The van der Waals surface area contributed by atoms with E-state index in [0.717, 1.165) is 24.2 Å². The number of anilines is 4. The maximum Gasteiger partial charge on any atom is 0.255 e. The average molecular weight is 383 g/mol. The highest BCUT2D eigenvalue weighted by atomic mass is 35.5. The molecule has 0 unspecified atom stereocenters. The predicted octanol–water partition coefficient (Wildman–Crippen LogP) is 3.58. The summed E-state index contributed by atoms with van der Waals surface area (Å²) in [7, 11) is 3.66. The van der Waals surface area contributed by atoms with Crippen LogP contribution in [0.3, 0.4) is 0 Å². The summed E-state index contributed by atoms with van der Waals surface area (Å²) in [5.74, 6) is 1.30. The van der Waals surface area contributed by atoms with Gasteiger partial charge in [0.2, 0.25) is 0 Å². The molecule has 4 rings (SSSR count). The molecule has 2 N–H and O–H groups in total. The maximum atomic E-state index is 12.6. The Labute approximate surface area is 162 Å². The van der Waals surface area contributed by atoms with Gasteiger partial charge in [0, 0.05) is 39.0 Å². The predicted molar refractivity (Wildman–Crippen MR) is 106 cm³/mol. The number of benzene rings is 1. The van der Waals surface area contributed by atoms with Crippen LogP contribution in [0.2, 0.25) is 5.02 Å². The molecule has 0 fully saturated rings. The molecule has 1 aromatic carbocycles. The summed E-state index contributed by atoms with van der Waals surface area (Å²) in [5, 5.41) is 11.2. The Morgan fingerprint density at radius 1 is 1.11 bits per heavy atom. The van der Waals surface area contributed by atoms with Crippen molar-refractivity contribution in [2.75, 3.05) is 24.2 Å². The molecule has 3 aromatic rings. The number of rotatable bonds is 4. The minimum atomic E-state index is 0.0105. The van der Waals surface area contributed by atoms with Gasteiger partial charge in [0.1, 0.15) is 5.82 Å². The van der Waals surface area contributed by atoms with E-state index in [1.54, 1.807) is 21.8 Å². The zero-order valence-corrected chi connectivity index (χ0v) is 15.8. The van der Waals surface area contributed by atoms with Crippen LogP contribution < -0.4 is 10.6 Å². The fourth-order valence-electron chi connectivity index (χ4n) is 3.11. The van der Waals surface area contributed by atoms with Gasteiger partial charge in [0.15, 0.2) is 5.82 Å². The van der Waals surface area contributed by atoms with E-state index in [1.165, 1.54) is 0 Å². The summed E-state index contributed by atoms with van der Waals surface area (Å²) in [5.41, 5.74) is 3.14. The van der Waals surface area contributed by atoms with Crippen LogP contribution in [0.5, 0.6) is 0 Å². The second kappa shape index (κ2) is 6.92. The number of aryl methyl sites for hydroxylation is 1. The number of fused-ring (bicyclic) bond motifs is 1. The Bertz CT molecular complexity index is 1020. The molecule has 0 bridgehead atoms. The third-order valence-corrected chi connectivity index (χ3v) is 4.82. The van der Waals surface area contributed by atoms with Gasteiger partial charge < -0.3 is 15.5 Å². The highest BCUT2D eigenvalue weighted by Gasteiger charge is 2.24. The van der Waals surface area contributed by atoms with Crippen molar-refractivity contribution >= 4 is 40.5 Å². The highest BCUT2D eigenvalue weighted by Crippen LogP contribution is 2.32. The van der Waals surface area contributed by atoms with Gasteiger partial charge in [-0.1, -0.05) is 23.7 Å². The smallest absolute Gasteiger partial charge is 0.255 e. The summed E-state index contributed by atoms with van der Waals surface area (Å²) < 4.78 is 1.70. The van der Waals surface area contributed by atoms with Gasteiger partial charge in [0.25, 0.3) is 5.91 Å². The first-order valence-electron chi connectivity index (χ1n) is 8.58. The van der Waals surface area contributed by atoms with E-state index in [-0.39, 0.29) is 5.91 Å². The summed E-state index contributed by atoms with van der Waals surface area (Å²) in [6.07, 6.45) is 4.25. The van der Waals surface area contributed by atoms with E-state index in [9.17, 15) is 4.79 Å². The van der Waals surface area contributed by atoms with E-state index in [4.69, 9.17) is 11.6 Å². The summed E-state index contributed by atoms with van der Waals surface area (Å²) in [4.78, 5) is 18.7. The molecule has 1 amide bonds. The lowest BCUT2D eigenvalue weighted by atomic mass is 9.97. The van der Waals surface area contributed by atoms with E-state index in [0.29, 0.717) is 27.9 Å². The van der Waals surface area contributed by atoms with Crippen LogP contribution in [0, 0.1) is 0 Å². The van der Waals surface area contributed by atoms with Crippen molar-refractivity contribution < 1.29 is 4.79 Å². The molecule has 1 aliphatic heterocycles. The van der Waals surface area contributed by atoms with E-state index in [2.05, 4.69) is 20.7 Å². The van der Waals surface area contributed by atoms with Crippen molar-refractivity contribution in [2.45, 2.75) is 6.42 Å². The Morgan fingerprint density at radius 3 is 2.74 bits per heavy atom. The summed E-state index contributed by atoms with van der Waals surface area (Å²) in [6.45, 7) is 0.726. The second-order valence-electron chi connectivity index (χ2n) is 6.49. The molecule has 27 heavy (non-hydrogen) atoms. The zero-order chi connectivity index (χ0) is 19.0. The Hall–Kier alpha value is -3.06. The molecule has 0 saturated heterocycles. The number of carbonyl (C=O) groups excluding carboxylic acids is 1. The molecule has 7 nitrogen and oxygen atoms in total. The molecule has 2 aromatic heterocycles. The molecular formula is C19H19ClN6O. The number of hydrogen-bond donors (Lipinski definition) is 2. The molecule has 138 valence electrons. The molecular weight excluding hydrogens is 364 g/mol. The van der Waals surface area contributed by atoms with Gasteiger partial charge in [-0.15, -0.1) is 0 Å². The van der Waals surface area contributed by atoms with Gasteiger partial charge in [0.05, 0.1) is 28.2 Å². The number of carbonyl (C=O) groups is 1. The molecule has 3 heterocycles. The molecule has 0 aliphatic carbocycles. The first-order chi connectivity index (χ1) is 13.0. The third-order valence-electron chi connectivity index (χ3n) is 4.52. The zero-order valence-electron chi connectivity index (χ0n) is 15.0. The van der Waals surface area contributed by atoms with Crippen LogP contribution in [0.1, 0.15) is 15.9 Å². The number of halogens is 1. The van der Waals surface area contributed by atoms with Crippen molar-refractivity contribution in [2.24, 2.45) is 7.05 Å². The van der Waals surface area contributed by atoms with Gasteiger partial charge in [-0.25, -0.2) is 4.98 Å². The molecule has 8 heteroatoms. The van der Waals surface area contributed by atoms with Crippen molar-refractivity contribution in [3.8, 4) is 0 Å². The van der Waals surface area contributed by atoms with Gasteiger partial charge in [-0.05, 0) is 18.1 Å². The summed E-state index contributed by atoms with van der Waals surface area (Å²) in [6, 6.07) is 9.48. The van der Waals surface area contributed by atoms with Crippen molar-refractivity contribution in [1.82, 2.24) is 19.7 Å². The number of nitrogens with one attached hydrogen (secondary N) is 2. The number of amides is 1. The lowest BCUT2D eigenvalue weighted by Gasteiger charge is -2.27. The molecule has 0 atom stereocenters. The minimum absolute atomic E-state index is 0.0105. The fourth-order valence-corrected chi connectivity index (χ4v) is 3.26. The van der Waals surface area contributed by atoms with Crippen LogP contribution in [-0.4, -0.2) is 39.2 Å². The Kier molecular flexibility index (Phi) is 4.45. The molecule has 1 aliphatic rings. The van der Waals surface area contributed by atoms with Crippen LogP contribution in [-0.2, 0) is 13.5 Å². The lowest BCUT2D eigenvalue weighted by molar-refractivity contribution is 0.0782. The van der Waals surface area contributed by atoms with Crippen LogP contribution in [0.15, 0.2) is 42.7 Å². The maximum absolute atomic E-state index is 12.6. The van der Waals surface area contributed by atoms with Crippen LogP contribution in [0.25, 0.3) is 0 Å². The normalized spacial score (nSPS) is 13.4. The fraction of sp³-hybridized carbons (Fsp3) is 0.211. The Balaban J connectivity index is 1.65. The summed E-state index contributed by atoms with van der Waals surface area (Å²) >= 11 is 6.33. The van der Waals surface area contributed by atoms with Crippen molar-refractivity contribution in [1.29, 1.82) is 0 Å². The van der Waals surface area contributed by atoms with E-state index in [1.807, 2.05) is 44.6 Å². The van der Waals surface area contributed by atoms with Crippen LogP contribution >= 0.6 is 11.6 Å². The first-order valence-corrected chi connectivity index (χ1v) is 8.95. The number of likely N-dealkylation sites (N-methyl/N-ethyl adjacent to an activating group) is 1. The number of nitrogens with zero attached hydrogens (tertiary/aromatic N) is 4. The Morgan fingerprint density at radius 2 is 1.96 bits per heavy atom.